The first kappa shape index (κ1) is 28.2. The highest BCUT2D eigenvalue weighted by Crippen LogP contribution is 2.38. The van der Waals surface area contributed by atoms with Crippen molar-refractivity contribution in [3.8, 4) is 0 Å². The first-order valence-electron chi connectivity index (χ1n) is 12.2. The Morgan fingerprint density at radius 3 is 2.26 bits per heavy atom. The highest BCUT2D eigenvalue weighted by Gasteiger charge is 2.43. The van der Waals surface area contributed by atoms with Crippen molar-refractivity contribution in [2.24, 2.45) is 0 Å². The van der Waals surface area contributed by atoms with Gasteiger partial charge in [0.2, 0.25) is 0 Å². The fourth-order valence-corrected chi connectivity index (χ4v) is 5.24. The molecule has 0 saturated carbocycles. The van der Waals surface area contributed by atoms with Crippen molar-refractivity contribution in [2.75, 3.05) is 6.54 Å². The lowest BCUT2D eigenvalue weighted by Gasteiger charge is -2.45. The third-order valence-electron chi connectivity index (χ3n) is 6.62. The van der Waals surface area contributed by atoms with Crippen molar-refractivity contribution >= 4 is 20.5 Å². The van der Waals surface area contributed by atoms with Gasteiger partial charge in [-0.25, -0.2) is 9.59 Å². The normalized spacial score (nSPS) is 20.4. The topological polar surface area (TPSA) is 77.1 Å². The van der Waals surface area contributed by atoms with Crippen LogP contribution in [0.3, 0.4) is 0 Å². The minimum Gasteiger partial charge on any atom is -0.445 e. The standard InChI is InChI=1S/C26H44N2O5Si/c1-19(33-34(8,9)26(5,6)7)22-16-15-21(27-23(29)32-25(2,3)4)17-28(22)24(30)31-18-20-13-11-10-12-14-20/h10-14,19,21-22H,15-18H2,1-9H3,(H,27,29)/t19-,21+,22+/m1/s1. The molecule has 0 aliphatic carbocycles. The van der Waals surface area contributed by atoms with Crippen LogP contribution < -0.4 is 5.32 Å². The number of benzene rings is 1. The summed E-state index contributed by atoms with van der Waals surface area (Å²) < 4.78 is 17.7. The number of hydrogen-bond acceptors (Lipinski definition) is 5. The number of alkyl carbamates (subject to hydrolysis) is 1. The highest BCUT2D eigenvalue weighted by molar-refractivity contribution is 6.74. The average Bonchev–Trinajstić information content (AvgIpc) is 2.70. The zero-order chi connectivity index (χ0) is 25.7. The number of nitrogens with zero attached hydrogens (tertiary/aromatic N) is 1. The Kier molecular flexibility index (Phi) is 9.21. The molecule has 1 aliphatic rings. The number of piperidine rings is 1. The van der Waals surface area contributed by atoms with Crippen LogP contribution in [0.4, 0.5) is 9.59 Å². The van der Waals surface area contributed by atoms with E-state index in [0.717, 1.165) is 12.0 Å². The summed E-state index contributed by atoms with van der Waals surface area (Å²) in [5.41, 5.74) is 0.347. The van der Waals surface area contributed by atoms with E-state index in [2.05, 4.69) is 39.2 Å². The van der Waals surface area contributed by atoms with Gasteiger partial charge in [0.05, 0.1) is 12.1 Å². The molecule has 0 unspecified atom stereocenters. The van der Waals surface area contributed by atoms with Crippen LogP contribution in [0.25, 0.3) is 0 Å². The van der Waals surface area contributed by atoms with Gasteiger partial charge in [-0.1, -0.05) is 51.1 Å². The molecule has 34 heavy (non-hydrogen) atoms. The van der Waals surface area contributed by atoms with Crippen molar-refractivity contribution in [1.29, 1.82) is 0 Å². The SMILES string of the molecule is C[C@@H](O[Si](C)(C)C(C)(C)C)[C@@H]1CC[C@H](NC(=O)OC(C)(C)C)CN1C(=O)OCc1ccccc1. The molecule has 1 N–H and O–H groups in total. The molecule has 0 aromatic heterocycles. The average molecular weight is 493 g/mol. The van der Waals surface area contributed by atoms with E-state index in [1.165, 1.54) is 0 Å². The van der Waals surface area contributed by atoms with Gasteiger partial charge in [-0.05, 0) is 64.2 Å². The number of carbonyl (C=O) groups is 2. The second-order valence-electron chi connectivity index (χ2n) is 11.8. The van der Waals surface area contributed by atoms with Crippen molar-refractivity contribution in [3.05, 3.63) is 35.9 Å². The lowest BCUT2D eigenvalue weighted by atomic mass is 9.95. The zero-order valence-corrected chi connectivity index (χ0v) is 23.4. The van der Waals surface area contributed by atoms with Crippen LogP contribution in [0.1, 0.15) is 66.9 Å². The first-order valence-corrected chi connectivity index (χ1v) is 15.1. The summed E-state index contributed by atoms with van der Waals surface area (Å²) in [6.07, 6.45) is 0.427. The Bertz CT molecular complexity index is 817. The molecule has 0 spiro atoms. The largest absolute Gasteiger partial charge is 0.445 e. The van der Waals surface area contributed by atoms with Gasteiger partial charge in [-0.2, -0.15) is 0 Å². The van der Waals surface area contributed by atoms with E-state index in [0.29, 0.717) is 13.0 Å². The van der Waals surface area contributed by atoms with Crippen molar-refractivity contribution in [3.63, 3.8) is 0 Å². The lowest BCUT2D eigenvalue weighted by molar-refractivity contribution is 0.0128. The molecular weight excluding hydrogens is 448 g/mol. The van der Waals surface area contributed by atoms with Crippen LogP contribution in [-0.4, -0.2) is 55.7 Å². The smallest absolute Gasteiger partial charge is 0.410 e. The lowest BCUT2D eigenvalue weighted by Crippen LogP contribution is -2.59. The van der Waals surface area contributed by atoms with Crippen LogP contribution in [0.5, 0.6) is 0 Å². The first-order chi connectivity index (χ1) is 15.6. The number of ether oxygens (including phenoxy) is 2. The number of carbonyl (C=O) groups excluding carboxylic acids is 2. The molecule has 192 valence electrons. The Labute approximate surface area is 206 Å². The van der Waals surface area contributed by atoms with Gasteiger partial charge in [0, 0.05) is 12.6 Å². The van der Waals surface area contributed by atoms with Gasteiger partial charge in [-0.3, -0.25) is 0 Å². The minimum absolute atomic E-state index is 0.0649. The molecule has 1 aliphatic heterocycles. The predicted molar refractivity (Wildman–Crippen MR) is 137 cm³/mol. The Hall–Kier alpha value is -2.06. The fraction of sp³-hybridized carbons (Fsp3) is 0.692. The summed E-state index contributed by atoms with van der Waals surface area (Å²) in [5, 5.41) is 2.99. The second kappa shape index (κ2) is 11.1. The molecule has 3 atom stereocenters. The summed E-state index contributed by atoms with van der Waals surface area (Å²) in [7, 11) is -2.03. The maximum absolute atomic E-state index is 13.2. The summed E-state index contributed by atoms with van der Waals surface area (Å²) in [6, 6.07) is 9.28. The highest BCUT2D eigenvalue weighted by atomic mass is 28.4. The predicted octanol–water partition coefficient (Wildman–Crippen LogP) is 6.09. The maximum atomic E-state index is 13.2. The summed E-state index contributed by atoms with van der Waals surface area (Å²) in [5.74, 6) is 0. The van der Waals surface area contributed by atoms with Crippen molar-refractivity contribution in [1.82, 2.24) is 10.2 Å². The molecule has 1 saturated heterocycles. The van der Waals surface area contributed by atoms with E-state index in [1.807, 2.05) is 58.0 Å². The van der Waals surface area contributed by atoms with Crippen LogP contribution in [0.2, 0.25) is 18.1 Å². The molecule has 8 heteroatoms. The monoisotopic (exact) mass is 492 g/mol. The molecule has 1 heterocycles. The van der Waals surface area contributed by atoms with Crippen LogP contribution >= 0.6 is 0 Å². The van der Waals surface area contributed by atoms with E-state index in [-0.39, 0.29) is 29.8 Å². The number of rotatable bonds is 6. The molecule has 2 rings (SSSR count). The van der Waals surface area contributed by atoms with Gasteiger partial charge in [-0.15, -0.1) is 0 Å². The summed E-state index contributed by atoms with van der Waals surface area (Å²) in [6.45, 7) is 19.1. The fourth-order valence-electron chi connectivity index (χ4n) is 3.80. The number of hydrogen-bond donors (Lipinski definition) is 1. The Balaban J connectivity index is 2.14. The van der Waals surface area contributed by atoms with Gasteiger partial charge < -0.3 is 24.1 Å². The molecule has 1 aromatic carbocycles. The summed E-state index contributed by atoms with van der Waals surface area (Å²) in [4.78, 5) is 27.3. The maximum Gasteiger partial charge on any atom is 0.410 e. The van der Waals surface area contributed by atoms with Gasteiger partial charge in [0.1, 0.15) is 12.2 Å². The van der Waals surface area contributed by atoms with Gasteiger partial charge >= 0.3 is 12.2 Å². The molecule has 2 amide bonds. The minimum atomic E-state index is -2.03. The molecule has 0 bridgehead atoms. The van der Waals surface area contributed by atoms with Crippen LogP contribution in [0.15, 0.2) is 30.3 Å². The van der Waals surface area contributed by atoms with E-state index in [9.17, 15) is 9.59 Å². The van der Waals surface area contributed by atoms with E-state index in [4.69, 9.17) is 13.9 Å². The van der Waals surface area contributed by atoms with E-state index >= 15 is 0 Å². The van der Waals surface area contributed by atoms with E-state index < -0.39 is 26.1 Å². The van der Waals surface area contributed by atoms with Gasteiger partial charge in [0.15, 0.2) is 8.32 Å². The molecule has 1 aromatic rings. The number of likely N-dealkylation sites (tertiary alicyclic amines) is 1. The van der Waals surface area contributed by atoms with E-state index in [1.54, 1.807) is 4.90 Å². The third kappa shape index (κ3) is 8.31. The quantitative estimate of drug-likeness (QED) is 0.486. The Morgan fingerprint density at radius 2 is 1.71 bits per heavy atom. The molecule has 7 nitrogen and oxygen atoms in total. The third-order valence-corrected chi connectivity index (χ3v) is 11.2. The summed E-state index contributed by atoms with van der Waals surface area (Å²) >= 11 is 0. The van der Waals surface area contributed by atoms with Crippen molar-refractivity contribution < 1.29 is 23.5 Å². The second-order valence-corrected chi connectivity index (χ2v) is 16.5. The van der Waals surface area contributed by atoms with Crippen molar-refractivity contribution in [2.45, 2.75) is 110 Å². The van der Waals surface area contributed by atoms with Gasteiger partial charge in [0.25, 0.3) is 0 Å². The Morgan fingerprint density at radius 1 is 1.09 bits per heavy atom. The molecular formula is C26H44N2O5Si. The zero-order valence-electron chi connectivity index (χ0n) is 22.4. The number of amides is 2. The van der Waals surface area contributed by atoms with Crippen LogP contribution in [0, 0.1) is 0 Å². The molecule has 1 fully saturated rings. The number of nitrogens with one attached hydrogen (secondary N) is 1. The van der Waals surface area contributed by atoms with Crippen LogP contribution in [-0.2, 0) is 20.5 Å². The molecule has 0 radical (unpaired) electrons.